The Morgan fingerprint density at radius 2 is 1.34 bits per heavy atom. The van der Waals surface area contributed by atoms with Gasteiger partial charge < -0.3 is 14.5 Å². The highest BCUT2D eigenvalue weighted by Crippen LogP contribution is 2.36. The molecule has 174 valence electrons. The van der Waals surface area contributed by atoms with Gasteiger partial charge in [-0.3, -0.25) is 0 Å². The maximum absolute atomic E-state index is 5.48. The van der Waals surface area contributed by atoms with E-state index in [9.17, 15) is 0 Å². The molecule has 2 aromatic carbocycles. The molecular formula is C28H21Br2N3O2. The van der Waals surface area contributed by atoms with Crippen molar-refractivity contribution in [2.75, 3.05) is 14.2 Å². The summed E-state index contributed by atoms with van der Waals surface area (Å²) in [5, 5.41) is 0. The molecule has 0 unspecified atom stereocenters. The number of rotatable bonds is 6. The first kappa shape index (κ1) is 23.3. The Morgan fingerprint density at radius 1 is 0.714 bits per heavy atom. The van der Waals surface area contributed by atoms with Gasteiger partial charge in [-0.05, 0) is 104 Å². The van der Waals surface area contributed by atoms with Gasteiger partial charge in [0.05, 0.1) is 35.9 Å². The van der Waals surface area contributed by atoms with Gasteiger partial charge in [0.15, 0.2) is 0 Å². The summed E-state index contributed by atoms with van der Waals surface area (Å²) in [5.74, 6) is 1.56. The third kappa shape index (κ3) is 4.88. The first-order chi connectivity index (χ1) is 17.1. The molecule has 2 aliphatic heterocycles. The van der Waals surface area contributed by atoms with Crippen molar-refractivity contribution < 1.29 is 9.47 Å². The average Bonchev–Trinajstić information content (AvgIpc) is 3.63. The Balaban J connectivity index is 1.70. The highest BCUT2D eigenvalue weighted by atomic mass is 79.9. The van der Waals surface area contributed by atoms with Gasteiger partial charge in [-0.1, -0.05) is 24.3 Å². The predicted octanol–water partition coefficient (Wildman–Crippen LogP) is 7.34. The molecule has 0 saturated heterocycles. The van der Waals surface area contributed by atoms with E-state index in [1.54, 1.807) is 14.2 Å². The number of aliphatic imine (C=N–C) groups is 2. The molecule has 0 bridgehead atoms. The van der Waals surface area contributed by atoms with Crippen molar-refractivity contribution in [3.8, 4) is 11.5 Å². The van der Waals surface area contributed by atoms with Crippen LogP contribution in [0.4, 0.5) is 0 Å². The summed E-state index contributed by atoms with van der Waals surface area (Å²) in [6, 6.07) is 20.0. The number of ether oxygens (including phenoxy) is 2. The predicted molar refractivity (Wildman–Crippen MR) is 149 cm³/mol. The normalized spacial score (nSPS) is 17.4. The fraction of sp³-hybridized carbons (Fsp3) is 0.0714. The first-order valence-electron chi connectivity index (χ1n) is 10.9. The smallest absolute Gasteiger partial charge is 0.119 e. The summed E-state index contributed by atoms with van der Waals surface area (Å²) in [5.41, 5.74) is 7.33. The number of nitrogens with zero attached hydrogens (tertiary/aromatic N) is 2. The van der Waals surface area contributed by atoms with Gasteiger partial charge in [-0.25, -0.2) is 9.98 Å². The van der Waals surface area contributed by atoms with E-state index >= 15 is 0 Å². The zero-order valence-electron chi connectivity index (χ0n) is 19.0. The lowest BCUT2D eigenvalue weighted by Crippen LogP contribution is -2.00. The second kappa shape index (κ2) is 10.1. The minimum absolute atomic E-state index is 0.775. The molecule has 1 aromatic heterocycles. The molecule has 0 atom stereocenters. The Hall–Kier alpha value is -3.42. The summed E-state index contributed by atoms with van der Waals surface area (Å²) in [6.07, 6.45) is 7.99. The van der Waals surface area contributed by atoms with E-state index in [0.717, 1.165) is 65.8 Å². The van der Waals surface area contributed by atoms with E-state index in [2.05, 4.69) is 47.9 Å². The van der Waals surface area contributed by atoms with E-state index in [-0.39, 0.29) is 0 Å². The zero-order valence-corrected chi connectivity index (χ0v) is 22.2. The Bertz CT molecular complexity index is 1490. The molecule has 0 radical (unpaired) electrons. The third-order valence-corrected chi connectivity index (χ3v) is 6.56. The van der Waals surface area contributed by atoms with Crippen LogP contribution in [0.5, 0.6) is 11.5 Å². The lowest BCUT2D eigenvalue weighted by atomic mass is 9.98. The number of nitrogens with one attached hydrogen (secondary N) is 1. The van der Waals surface area contributed by atoms with E-state index in [0.29, 0.717) is 0 Å². The molecule has 2 aliphatic rings. The van der Waals surface area contributed by atoms with Gasteiger partial charge in [0, 0.05) is 16.8 Å². The second-order valence-corrected chi connectivity index (χ2v) is 9.47. The van der Waals surface area contributed by atoms with Crippen LogP contribution in [0, 0.1) is 0 Å². The number of aromatic amines is 1. The van der Waals surface area contributed by atoms with Crippen LogP contribution in [0.1, 0.15) is 16.8 Å². The molecule has 3 aromatic rings. The number of halogens is 2. The van der Waals surface area contributed by atoms with Gasteiger partial charge in [0.1, 0.15) is 16.1 Å². The summed E-state index contributed by atoms with van der Waals surface area (Å²) in [4.78, 5) is 13.2. The first-order valence-corrected chi connectivity index (χ1v) is 12.5. The second-order valence-electron chi connectivity index (χ2n) is 7.80. The SMILES string of the molecule is COc1cccc(/C(C2=N/C(=C(/c3cccc(OC)c3)c3ccc(Br)[nH]3)C=C2)=C2\C=CC(Br)=N2)c1. The lowest BCUT2D eigenvalue weighted by molar-refractivity contribution is 0.414. The maximum atomic E-state index is 5.48. The Kier molecular flexibility index (Phi) is 6.70. The molecule has 5 rings (SSSR count). The number of hydrogen-bond acceptors (Lipinski definition) is 4. The van der Waals surface area contributed by atoms with Crippen LogP contribution < -0.4 is 9.47 Å². The summed E-state index contributed by atoms with van der Waals surface area (Å²) in [6.45, 7) is 0. The van der Waals surface area contributed by atoms with Crippen LogP contribution in [0.15, 0.2) is 111 Å². The van der Waals surface area contributed by atoms with Crippen molar-refractivity contribution in [1.82, 2.24) is 4.98 Å². The summed E-state index contributed by atoms with van der Waals surface area (Å²) >= 11 is 7.02. The van der Waals surface area contributed by atoms with Crippen LogP contribution in [-0.4, -0.2) is 29.5 Å². The maximum Gasteiger partial charge on any atom is 0.119 e. The van der Waals surface area contributed by atoms with Crippen LogP contribution in [0.25, 0.3) is 11.1 Å². The van der Waals surface area contributed by atoms with Gasteiger partial charge >= 0.3 is 0 Å². The Labute approximate surface area is 220 Å². The van der Waals surface area contributed by atoms with E-state index in [1.165, 1.54) is 0 Å². The van der Waals surface area contributed by atoms with Gasteiger partial charge in [0.25, 0.3) is 0 Å². The lowest BCUT2D eigenvalue weighted by Gasteiger charge is -2.12. The largest absolute Gasteiger partial charge is 0.497 e. The van der Waals surface area contributed by atoms with Crippen molar-refractivity contribution in [1.29, 1.82) is 0 Å². The third-order valence-electron chi connectivity index (χ3n) is 5.65. The highest BCUT2D eigenvalue weighted by molar-refractivity contribution is 9.18. The van der Waals surface area contributed by atoms with Crippen molar-refractivity contribution in [3.05, 3.63) is 118 Å². The molecule has 5 nitrogen and oxygen atoms in total. The van der Waals surface area contributed by atoms with Crippen LogP contribution in [0.3, 0.4) is 0 Å². The van der Waals surface area contributed by atoms with E-state index < -0.39 is 0 Å². The molecule has 0 saturated carbocycles. The summed E-state index contributed by atoms with van der Waals surface area (Å²) in [7, 11) is 3.34. The molecule has 3 heterocycles. The number of hydrogen-bond donors (Lipinski definition) is 1. The minimum atomic E-state index is 0.775. The summed E-state index contributed by atoms with van der Waals surface area (Å²) < 4.78 is 12.6. The van der Waals surface area contributed by atoms with E-state index in [4.69, 9.17) is 14.5 Å². The minimum Gasteiger partial charge on any atom is -0.497 e. The van der Waals surface area contributed by atoms with Crippen molar-refractivity contribution in [3.63, 3.8) is 0 Å². The van der Waals surface area contributed by atoms with Crippen molar-refractivity contribution in [2.45, 2.75) is 0 Å². The van der Waals surface area contributed by atoms with Crippen molar-refractivity contribution >= 4 is 53.3 Å². The monoisotopic (exact) mass is 589 g/mol. The zero-order chi connectivity index (χ0) is 24.4. The molecule has 0 fully saturated rings. The highest BCUT2D eigenvalue weighted by Gasteiger charge is 2.22. The number of allylic oxidation sites excluding steroid dienone is 5. The van der Waals surface area contributed by atoms with Crippen molar-refractivity contribution in [2.24, 2.45) is 9.98 Å². The number of methoxy groups -OCH3 is 2. The molecule has 0 spiro atoms. The number of aromatic nitrogens is 1. The average molecular weight is 591 g/mol. The van der Waals surface area contributed by atoms with Crippen LogP contribution in [0.2, 0.25) is 0 Å². The van der Waals surface area contributed by atoms with Gasteiger partial charge in [-0.2, -0.15) is 0 Å². The van der Waals surface area contributed by atoms with Gasteiger partial charge in [0.2, 0.25) is 0 Å². The molecule has 7 heteroatoms. The van der Waals surface area contributed by atoms with Crippen LogP contribution in [-0.2, 0) is 0 Å². The molecule has 1 N–H and O–H groups in total. The standard InChI is InChI=1S/C28H21Br2N3O2/c1-34-19-7-3-5-17(15-19)27(23-11-13-25(29)32-23)21-9-10-22(31-21)28(24-12-14-26(30)33-24)18-6-4-8-20(16-18)35-2/h3-16,32H,1-2H3/b27-21-,28-24-. The fourth-order valence-corrected chi connectivity index (χ4v) is 4.73. The van der Waals surface area contributed by atoms with Gasteiger partial charge in [-0.15, -0.1) is 0 Å². The van der Waals surface area contributed by atoms with Crippen LogP contribution >= 0.6 is 31.9 Å². The Morgan fingerprint density at radius 3 is 1.91 bits per heavy atom. The molecular weight excluding hydrogens is 570 g/mol. The topological polar surface area (TPSA) is 59.0 Å². The fourth-order valence-electron chi connectivity index (χ4n) is 4.06. The molecule has 35 heavy (non-hydrogen) atoms. The molecule has 0 amide bonds. The number of benzene rings is 2. The van der Waals surface area contributed by atoms with E-state index in [1.807, 2.05) is 78.9 Å². The molecule has 0 aliphatic carbocycles. The quantitative estimate of drug-likeness (QED) is 0.326. The number of H-pyrrole nitrogens is 1.